The van der Waals surface area contributed by atoms with Crippen molar-refractivity contribution in [3.05, 3.63) is 23.8 Å². The van der Waals surface area contributed by atoms with Gasteiger partial charge >= 0.3 is 0 Å². The van der Waals surface area contributed by atoms with Crippen molar-refractivity contribution in [2.45, 2.75) is 13.0 Å². The molecule has 1 unspecified atom stereocenters. The molecule has 2 aliphatic rings. The minimum absolute atomic E-state index is 0.0623. The van der Waals surface area contributed by atoms with E-state index in [0.29, 0.717) is 30.1 Å². The van der Waals surface area contributed by atoms with Gasteiger partial charge in [-0.2, -0.15) is 0 Å². The lowest BCUT2D eigenvalue weighted by atomic mass is 10.1. The van der Waals surface area contributed by atoms with Crippen LogP contribution in [0.3, 0.4) is 0 Å². The standard InChI is InChI=1S/C14H15N3O4/c1-8-13(19)15-4-5-17(8)14(20)9-2-3-10-11(6-9)21-7-12(18)16-10/h2-3,6,8H,4-5,7H2,1H3,(H,15,19)(H,16,18). The Hall–Kier alpha value is -2.57. The number of hydrogen-bond acceptors (Lipinski definition) is 4. The fourth-order valence-corrected chi connectivity index (χ4v) is 2.43. The molecule has 3 rings (SSSR count). The fourth-order valence-electron chi connectivity index (χ4n) is 2.43. The number of nitrogens with one attached hydrogen (secondary N) is 2. The van der Waals surface area contributed by atoms with Gasteiger partial charge in [0.25, 0.3) is 11.8 Å². The number of carbonyl (C=O) groups excluding carboxylic acids is 3. The van der Waals surface area contributed by atoms with Crippen LogP contribution in [0.5, 0.6) is 5.75 Å². The van der Waals surface area contributed by atoms with Gasteiger partial charge < -0.3 is 20.3 Å². The highest BCUT2D eigenvalue weighted by Gasteiger charge is 2.30. The van der Waals surface area contributed by atoms with Crippen molar-refractivity contribution in [1.29, 1.82) is 0 Å². The summed E-state index contributed by atoms with van der Waals surface area (Å²) in [6, 6.07) is 4.35. The zero-order valence-electron chi connectivity index (χ0n) is 11.5. The van der Waals surface area contributed by atoms with Gasteiger partial charge in [-0.05, 0) is 25.1 Å². The van der Waals surface area contributed by atoms with Crippen LogP contribution in [0.15, 0.2) is 18.2 Å². The monoisotopic (exact) mass is 289 g/mol. The topological polar surface area (TPSA) is 87.7 Å². The minimum Gasteiger partial charge on any atom is -0.482 e. The molecular weight excluding hydrogens is 274 g/mol. The molecule has 1 atom stereocenters. The molecule has 1 aromatic rings. The number of anilines is 1. The van der Waals surface area contributed by atoms with Crippen molar-refractivity contribution in [3.63, 3.8) is 0 Å². The summed E-state index contributed by atoms with van der Waals surface area (Å²) in [6.07, 6.45) is 0. The van der Waals surface area contributed by atoms with E-state index in [1.54, 1.807) is 25.1 Å². The van der Waals surface area contributed by atoms with E-state index in [1.165, 1.54) is 4.90 Å². The van der Waals surface area contributed by atoms with Crippen LogP contribution in [0, 0.1) is 0 Å². The van der Waals surface area contributed by atoms with Crippen molar-refractivity contribution in [3.8, 4) is 5.75 Å². The Morgan fingerprint density at radius 1 is 1.38 bits per heavy atom. The lowest BCUT2D eigenvalue weighted by Crippen LogP contribution is -2.55. The predicted molar refractivity (Wildman–Crippen MR) is 74.1 cm³/mol. The molecular formula is C14H15N3O4. The van der Waals surface area contributed by atoms with Gasteiger partial charge in [-0.25, -0.2) is 0 Å². The van der Waals surface area contributed by atoms with E-state index < -0.39 is 6.04 Å². The molecule has 0 saturated carbocycles. The second-order valence-electron chi connectivity index (χ2n) is 5.01. The molecule has 7 heteroatoms. The molecule has 2 heterocycles. The van der Waals surface area contributed by atoms with Crippen molar-refractivity contribution < 1.29 is 19.1 Å². The minimum atomic E-state index is -0.497. The van der Waals surface area contributed by atoms with Gasteiger partial charge in [-0.3, -0.25) is 14.4 Å². The number of piperazine rings is 1. The highest BCUT2D eigenvalue weighted by molar-refractivity contribution is 6.00. The first kappa shape index (κ1) is 13.4. The molecule has 3 amide bonds. The maximum Gasteiger partial charge on any atom is 0.262 e. The first-order valence-corrected chi connectivity index (χ1v) is 6.71. The molecule has 1 aromatic carbocycles. The van der Waals surface area contributed by atoms with Crippen molar-refractivity contribution in [2.24, 2.45) is 0 Å². The molecule has 7 nitrogen and oxygen atoms in total. The Kier molecular flexibility index (Phi) is 3.25. The summed E-state index contributed by atoms with van der Waals surface area (Å²) in [7, 11) is 0. The molecule has 1 saturated heterocycles. The second kappa shape index (κ2) is 5.08. The van der Waals surface area contributed by atoms with Gasteiger partial charge in [-0.1, -0.05) is 0 Å². The number of hydrogen-bond donors (Lipinski definition) is 2. The molecule has 2 aliphatic heterocycles. The van der Waals surface area contributed by atoms with E-state index >= 15 is 0 Å². The van der Waals surface area contributed by atoms with Gasteiger partial charge in [-0.15, -0.1) is 0 Å². The van der Waals surface area contributed by atoms with Crippen molar-refractivity contribution in [1.82, 2.24) is 10.2 Å². The van der Waals surface area contributed by atoms with Crippen LogP contribution in [0.1, 0.15) is 17.3 Å². The summed E-state index contributed by atoms with van der Waals surface area (Å²) in [4.78, 5) is 36.9. The van der Waals surface area contributed by atoms with Crippen LogP contribution in [0.25, 0.3) is 0 Å². The summed E-state index contributed by atoms with van der Waals surface area (Å²) in [6.45, 7) is 2.56. The number of ether oxygens (including phenoxy) is 1. The van der Waals surface area contributed by atoms with E-state index in [4.69, 9.17) is 4.74 Å². The first-order valence-electron chi connectivity index (χ1n) is 6.71. The van der Waals surface area contributed by atoms with Crippen LogP contribution in [0.4, 0.5) is 5.69 Å². The number of amides is 3. The Bertz CT molecular complexity index is 629. The third kappa shape index (κ3) is 2.42. The summed E-state index contributed by atoms with van der Waals surface area (Å²) in [5, 5.41) is 5.39. The zero-order valence-corrected chi connectivity index (χ0v) is 11.5. The highest BCUT2D eigenvalue weighted by atomic mass is 16.5. The number of carbonyl (C=O) groups is 3. The number of benzene rings is 1. The van der Waals surface area contributed by atoms with Gasteiger partial charge in [0.2, 0.25) is 5.91 Å². The SMILES string of the molecule is CC1C(=O)NCCN1C(=O)c1ccc2c(c1)OCC(=O)N2. The molecule has 0 aliphatic carbocycles. The average molecular weight is 289 g/mol. The molecule has 0 bridgehead atoms. The molecule has 0 radical (unpaired) electrons. The van der Waals surface area contributed by atoms with Crippen LogP contribution >= 0.6 is 0 Å². The number of rotatable bonds is 1. The van der Waals surface area contributed by atoms with Crippen LogP contribution < -0.4 is 15.4 Å². The van der Waals surface area contributed by atoms with Crippen molar-refractivity contribution >= 4 is 23.4 Å². The Labute approximate surface area is 121 Å². The van der Waals surface area contributed by atoms with Crippen molar-refractivity contribution in [2.75, 3.05) is 25.0 Å². The quantitative estimate of drug-likeness (QED) is 0.760. The van der Waals surface area contributed by atoms with E-state index in [2.05, 4.69) is 10.6 Å². The van der Waals surface area contributed by atoms with E-state index in [9.17, 15) is 14.4 Å². The summed E-state index contributed by atoms with van der Waals surface area (Å²) in [5.74, 6) is -0.130. The molecule has 1 fully saturated rings. The maximum absolute atomic E-state index is 12.5. The predicted octanol–water partition coefficient (Wildman–Crippen LogP) is -0.0220. The van der Waals surface area contributed by atoms with E-state index in [0.717, 1.165) is 0 Å². The lowest BCUT2D eigenvalue weighted by Gasteiger charge is -2.33. The Morgan fingerprint density at radius 2 is 2.19 bits per heavy atom. The van der Waals surface area contributed by atoms with Gasteiger partial charge in [0.1, 0.15) is 11.8 Å². The van der Waals surface area contributed by atoms with Gasteiger partial charge in [0.15, 0.2) is 6.61 Å². The third-order valence-corrected chi connectivity index (χ3v) is 3.62. The van der Waals surface area contributed by atoms with Gasteiger partial charge in [0.05, 0.1) is 5.69 Å². The smallest absolute Gasteiger partial charge is 0.262 e. The second-order valence-corrected chi connectivity index (χ2v) is 5.01. The van der Waals surface area contributed by atoms with Gasteiger partial charge in [0, 0.05) is 18.7 Å². The fraction of sp³-hybridized carbons (Fsp3) is 0.357. The summed E-state index contributed by atoms with van der Waals surface area (Å²) >= 11 is 0. The van der Waals surface area contributed by atoms with Crippen LogP contribution in [0.2, 0.25) is 0 Å². The highest BCUT2D eigenvalue weighted by Crippen LogP contribution is 2.29. The van der Waals surface area contributed by atoms with E-state index in [-0.39, 0.29) is 24.3 Å². The van der Waals surface area contributed by atoms with Crippen LogP contribution in [-0.2, 0) is 9.59 Å². The number of fused-ring (bicyclic) bond motifs is 1. The maximum atomic E-state index is 12.5. The van der Waals surface area contributed by atoms with E-state index in [1.807, 2.05) is 0 Å². The molecule has 2 N–H and O–H groups in total. The first-order chi connectivity index (χ1) is 10.1. The van der Waals surface area contributed by atoms with Crippen LogP contribution in [-0.4, -0.2) is 48.4 Å². The molecule has 110 valence electrons. The lowest BCUT2D eigenvalue weighted by molar-refractivity contribution is -0.127. The third-order valence-electron chi connectivity index (χ3n) is 3.62. The molecule has 21 heavy (non-hydrogen) atoms. The Balaban J connectivity index is 1.85. The molecule has 0 spiro atoms. The summed E-state index contributed by atoms with van der Waals surface area (Å²) in [5.41, 5.74) is 0.985. The number of nitrogens with zero attached hydrogens (tertiary/aromatic N) is 1. The molecule has 0 aromatic heterocycles. The summed E-state index contributed by atoms with van der Waals surface area (Å²) < 4.78 is 5.30. The normalized spacial score (nSPS) is 21.0. The Morgan fingerprint density at radius 3 is 3.00 bits per heavy atom. The zero-order chi connectivity index (χ0) is 15.0. The largest absolute Gasteiger partial charge is 0.482 e. The average Bonchev–Trinajstić information content (AvgIpc) is 2.49.